The monoisotopic (exact) mass is 324 g/mol. The van der Waals surface area contributed by atoms with Crippen LogP contribution in [-0.4, -0.2) is 47.7 Å². The lowest BCUT2D eigenvalue weighted by molar-refractivity contribution is -0.123. The lowest BCUT2D eigenvalue weighted by atomic mass is 9.98. The van der Waals surface area contributed by atoms with Crippen molar-refractivity contribution >= 4 is 17.5 Å². The summed E-state index contributed by atoms with van der Waals surface area (Å²) in [6.45, 7) is 3.69. The van der Waals surface area contributed by atoms with Crippen molar-refractivity contribution in [3.63, 3.8) is 0 Å². The van der Waals surface area contributed by atoms with Gasteiger partial charge in [0.25, 0.3) is 0 Å². The van der Waals surface area contributed by atoms with E-state index in [1.165, 1.54) is 0 Å². The van der Waals surface area contributed by atoms with E-state index in [0.717, 1.165) is 42.8 Å². The average molecular weight is 325 g/mol. The molecule has 4 nitrogen and oxygen atoms in total. The van der Waals surface area contributed by atoms with E-state index in [1.807, 2.05) is 24.3 Å². The van der Waals surface area contributed by atoms with Gasteiger partial charge in [-0.1, -0.05) is 30.2 Å². The topological polar surface area (TPSA) is 52.6 Å². The van der Waals surface area contributed by atoms with Gasteiger partial charge in [0.2, 0.25) is 5.91 Å². The van der Waals surface area contributed by atoms with Gasteiger partial charge in [-0.05, 0) is 50.4 Å². The number of aliphatic hydroxyl groups excluding tert-OH is 1. The van der Waals surface area contributed by atoms with Crippen LogP contribution < -0.4 is 5.32 Å². The van der Waals surface area contributed by atoms with Crippen molar-refractivity contribution in [2.45, 2.75) is 44.8 Å². The minimum absolute atomic E-state index is 0.0292. The Morgan fingerprint density at radius 2 is 2.14 bits per heavy atom. The first-order chi connectivity index (χ1) is 10.6. The molecule has 2 N–H and O–H groups in total. The van der Waals surface area contributed by atoms with Crippen LogP contribution in [0.25, 0.3) is 0 Å². The first-order valence-corrected chi connectivity index (χ1v) is 8.37. The molecular weight excluding hydrogens is 300 g/mol. The minimum Gasteiger partial charge on any atom is -0.392 e. The number of likely N-dealkylation sites (tertiary alicyclic amines) is 1. The minimum atomic E-state index is -0.387. The van der Waals surface area contributed by atoms with Crippen molar-refractivity contribution in [3.8, 4) is 0 Å². The molecule has 2 rings (SSSR count). The molecule has 0 aromatic heterocycles. The van der Waals surface area contributed by atoms with Gasteiger partial charge in [-0.2, -0.15) is 0 Å². The molecule has 0 saturated carbocycles. The van der Waals surface area contributed by atoms with Crippen LogP contribution in [0.3, 0.4) is 0 Å². The summed E-state index contributed by atoms with van der Waals surface area (Å²) in [5, 5.41) is 13.5. The number of nitrogens with zero attached hydrogens (tertiary/aromatic N) is 1. The molecule has 2 unspecified atom stereocenters. The van der Waals surface area contributed by atoms with E-state index >= 15 is 0 Å². The molecule has 0 bridgehead atoms. The number of aliphatic hydroxyl groups is 1. The molecule has 5 heteroatoms. The van der Waals surface area contributed by atoms with Crippen LogP contribution in [-0.2, 0) is 11.2 Å². The van der Waals surface area contributed by atoms with Crippen molar-refractivity contribution < 1.29 is 9.90 Å². The van der Waals surface area contributed by atoms with Gasteiger partial charge in [0.05, 0.1) is 12.6 Å². The summed E-state index contributed by atoms with van der Waals surface area (Å²) < 4.78 is 0. The largest absolute Gasteiger partial charge is 0.392 e. The summed E-state index contributed by atoms with van der Waals surface area (Å²) in [5.41, 5.74) is 1.16. The van der Waals surface area contributed by atoms with Crippen LogP contribution in [0.4, 0.5) is 0 Å². The van der Waals surface area contributed by atoms with Crippen molar-refractivity contribution in [1.82, 2.24) is 10.2 Å². The van der Waals surface area contributed by atoms with Crippen molar-refractivity contribution in [3.05, 3.63) is 34.9 Å². The van der Waals surface area contributed by atoms with E-state index in [0.29, 0.717) is 13.1 Å². The Morgan fingerprint density at radius 3 is 2.82 bits per heavy atom. The third-order valence-electron chi connectivity index (χ3n) is 4.22. The van der Waals surface area contributed by atoms with E-state index in [-0.39, 0.29) is 18.1 Å². The van der Waals surface area contributed by atoms with Gasteiger partial charge in [0.15, 0.2) is 0 Å². The number of hydrogen-bond acceptors (Lipinski definition) is 3. The summed E-state index contributed by atoms with van der Waals surface area (Å²) in [4.78, 5) is 14.2. The lowest BCUT2D eigenvalue weighted by Crippen LogP contribution is -2.50. The number of carbonyl (C=O) groups is 1. The van der Waals surface area contributed by atoms with E-state index in [1.54, 1.807) is 6.92 Å². The first-order valence-electron chi connectivity index (χ1n) is 7.99. The molecule has 1 aromatic rings. The predicted octanol–water partition coefficient (Wildman–Crippen LogP) is 2.23. The van der Waals surface area contributed by atoms with Gasteiger partial charge in [-0.15, -0.1) is 0 Å². The third kappa shape index (κ3) is 5.27. The molecule has 122 valence electrons. The molecule has 1 heterocycles. The summed E-state index contributed by atoms with van der Waals surface area (Å²) >= 11 is 5.85. The van der Waals surface area contributed by atoms with Crippen LogP contribution >= 0.6 is 11.6 Å². The molecule has 1 amide bonds. The molecular formula is C17H25ClN2O2. The molecule has 1 aliphatic rings. The van der Waals surface area contributed by atoms with Crippen LogP contribution in [0, 0.1) is 0 Å². The zero-order chi connectivity index (χ0) is 15.9. The number of carbonyl (C=O) groups excluding carboxylic acids is 1. The Morgan fingerprint density at radius 1 is 1.41 bits per heavy atom. The number of amides is 1. The van der Waals surface area contributed by atoms with E-state index < -0.39 is 0 Å². The van der Waals surface area contributed by atoms with Crippen molar-refractivity contribution in [2.75, 3.05) is 19.6 Å². The third-order valence-corrected chi connectivity index (χ3v) is 4.47. The van der Waals surface area contributed by atoms with E-state index in [9.17, 15) is 9.90 Å². The summed E-state index contributed by atoms with van der Waals surface area (Å²) in [5.74, 6) is 0.0292. The van der Waals surface area contributed by atoms with E-state index in [4.69, 9.17) is 11.6 Å². The number of piperidine rings is 1. The van der Waals surface area contributed by atoms with Gasteiger partial charge in [-0.25, -0.2) is 0 Å². The number of nitrogens with one attached hydrogen (secondary N) is 1. The van der Waals surface area contributed by atoms with Crippen LogP contribution in [0.15, 0.2) is 24.3 Å². The fourth-order valence-corrected chi connectivity index (χ4v) is 3.12. The standard InChI is InChI=1S/C17H25ClN2O2/c1-13(21)16-4-2-3-11-20(16)12-17(22)19-10-9-14-5-7-15(18)8-6-14/h5-8,13,16,21H,2-4,9-12H2,1H3,(H,19,22). The first kappa shape index (κ1) is 17.3. The molecule has 0 aliphatic carbocycles. The zero-order valence-corrected chi connectivity index (χ0v) is 13.9. The Balaban J connectivity index is 1.73. The highest BCUT2D eigenvalue weighted by Gasteiger charge is 2.27. The molecule has 1 aromatic carbocycles. The van der Waals surface area contributed by atoms with Gasteiger partial charge in [-0.3, -0.25) is 9.69 Å². The molecule has 1 saturated heterocycles. The number of hydrogen-bond donors (Lipinski definition) is 2. The SMILES string of the molecule is CC(O)C1CCCCN1CC(=O)NCCc1ccc(Cl)cc1. The Hall–Kier alpha value is -1.10. The quantitative estimate of drug-likeness (QED) is 0.843. The summed E-state index contributed by atoms with van der Waals surface area (Å²) in [6, 6.07) is 7.78. The van der Waals surface area contributed by atoms with Gasteiger partial charge < -0.3 is 10.4 Å². The zero-order valence-electron chi connectivity index (χ0n) is 13.1. The highest BCUT2D eigenvalue weighted by atomic mass is 35.5. The molecule has 2 atom stereocenters. The van der Waals surface area contributed by atoms with Crippen LogP contribution in [0.5, 0.6) is 0 Å². The lowest BCUT2D eigenvalue weighted by Gasteiger charge is -2.36. The second kappa shape index (κ2) is 8.51. The maximum atomic E-state index is 12.1. The van der Waals surface area contributed by atoms with Gasteiger partial charge in [0, 0.05) is 17.6 Å². The van der Waals surface area contributed by atoms with Gasteiger partial charge >= 0.3 is 0 Å². The normalized spacial score (nSPS) is 20.6. The maximum absolute atomic E-state index is 12.1. The molecule has 0 spiro atoms. The molecule has 1 fully saturated rings. The van der Waals surface area contributed by atoms with Crippen molar-refractivity contribution in [1.29, 1.82) is 0 Å². The maximum Gasteiger partial charge on any atom is 0.234 e. The Kier molecular flexibility index (Phi) is 6.68. The van der Waals surface area contributed by atoms with Gasteiger partial charge in [0.1, 0.15) is 0 Å². The number of rotatable bonds is 6. The summed E-state index contributed by atoms with van der Waals surface area (Å²) in [7, 11) is 0. The van der Waals surface area contributed by atoms with Crippen LogP contribution in [0.1, 0.15) is 31.7 Å². The Labute approximate surface area is 137 Å². The predicted molar refractivity (Wildman–Crippen MR) is 89.1 cm³/mol. The van der Waals surface area contributed by atoms with Crippen molar-refractivity contribution in [2.24, 2.45) is 0 Å². The smallest absolute Gasteiger partial charge is 0.234 e. The Bertz CT molecular complexity index is 476. The van der Waals surface area contributed by atoms with Crippen LogP contribution in [0.2, 0.25) is 5.02 Å². The molecule has 0 radical (unpaired) electrons. The molecule has 1 aliphatic heterocycles. The fourth-order valence-electron chi connectivity index (χ4n) is 3.00. The second-order valence-corrected chi connectivity index (χ2v) is 6.44. The highest BCUT2D eigenvalue weighted by Crippen LogP contribution is 2.19. The average Bonchev–Trinajstić information content (AvgIpc) is 2.49. The fraction of sp³-hybridized carbons (Fsp3) is 0.588. The summed E-state index contributed by atoms with van der Waals surface area (Å²) in [6.07, 6.45) is 3.60. The number of benzene rings is 1. The van der Waals surface area contributed by atoms with E-state index in [2.05, 4.69) is 10.2 Å². The molecule has 22 heavy (non-hydrogen) atoms. The highest BCUT2D eigenvalue weighted by molar-refractivity contribution is 6.30. The number of halogens is 1. The second-order valence-electron chi connectivity index (χ2n) is 6.00.